The lowest BCUT2D eigenvalue weighted by molar-refractivity contribution is 0.669. The number of para-hydroxylation sites is 2. The summed E-state index contributed by atoms with van der Waals surface area (Å²) in [5, 5.41) is 7.17. The Morgan fingerprint density at radius 2 is 0.885 bits per heavy atom. The summed E-state index contributed by atoms with van der Waals surface area (Å²) in [7, 11) is 0. The highest BCUT2D eigenvalue weighted by molar-refractivity contribution is 6.19. The van der Waals surface area contributed by atoms with Crippen LogP contribution in [0.5, 0.6) is 0 Å². The van der Waals surface area contributed by atoms with Gasteiger partial charge in [-0.2, -0.15) is 0 Å². The molecule has 3 nitrogen and oxygen atoms in total. The van der Waals surface area contributed by atoms with Crippen LogP contribution in [-0.2, 0) is 0 Å². The zero-order chi connectivity index (χ0) is 40.3. The Balaban J connectivity index is 0.998. The molecule has 0 bridgehead atoms. The van der Waals surface area contributed by atoms with Crippen molar-refractivity contribution in [3.8, 4) is 39.1 Å². The van der Waals surface area contributed by atoms with Gasteiger partial charge in [-0.1, -0.05) is 170 Å². The van der Waals surface area contributed by atoms with E-state index in [2.05, 4.69) is 240 Å². The van der Waals surface area contributed by atoms with Gasteiger partial charge in [0.15, 0.2) is 5.58 Å². The normalized spacial score (nSPS) is 11.6. The molecule has 3 heteroatoms. The van der Waals surface area contributed by atoms with Gasteiger partial charge in [0, 0.05) is 44.0 Å². The van der Waals surface area contributed by atoms with Gasteiger partial charge in [0.05, 0.1) is 16.7 Å². The van der Waals surface area contributed by atoms with Crippen molar-refractivity contribution in [2.45, 2.75) is 0 Å². The Kier molecular flexibility index (Phi) is 8.17. The van der Waals surface area contributed by atoms with E-state index in [0.29, 0.717) is 0 Å². The molecule has 0 aliphatic carbocycles. The predicted octanol–water partition coefficient (Wildman–Crippen LogP) is 16.3. The van der Waals surface area contributed by atoms with Gasteiger partial charge in [-0.25, -0.2) is 0 Å². The first-order valence-corrected chi connectivity index (χ1v) is 20.8. The van der Waals surface area contributed by atoms with Gasteiger partial charge < -0.3 is 13.9 Å². The molecular formula is C58H38N2O. The number of hydrogen-bond acceptors (Lipinski definition) is 2. The summed E-state index contributed by atoms with van der Waals surface area (Å²) in [6, 6.07) is 82.7. The number of aromatic nitrogens is 1. The zero-order valence-electron chi connectivity index (χ0n) is 33.2. The molecule has 0 radical (unpaired) electrons. The van der Waals surface area contributed by atoms with Crippen LogP contribution in [-0.4, -0.2) is 4.57 Å². The standard InChI is InChI=1S/C58H38N2O/c1-4-13-39(14-5-1)41-23-30-47(31-24-41)59(54-22-12-21-52-53-37-44(40-15-6-2-7-16-40)29-36-56(53)61-58(52)54)48-32-25-42(26-33-48)45-28-34-50-51-35-27-43-17-10-11-20-49(43)57(51)60(55(50)38-45)46-18-8-3-9-19-46/h1-38H. The molecule has 12 rings (SSSR count). The summed E-state index contributed by atoms with van der Waals surface area (Å²) in [4.78, 5) is 2.32. The summed E-state index contributed by atoms with van der Waals surface area (Å²) in [5.74, 6) is 0. The van der Waals surface area contributed by atoms with E-state index in [0.717, 1.165) is 55.8 Å². The number of anilines is 3. The number of rotatable bonds is 7. The third-order valence-corrected chi connectivity index (χ3v) is 12.2. The topological polar surface area (TPSA) is 21.3 Å². The summed E-state index contributed by atoms with van der Waals surface area (Å²) in [6.45, 7) is 0. The number of nitrogens with zero attached hydrogens (tertiary/aromatic N) is 2. The van der Waals surface area contributed by atoms with Crippen molar-refractivity contribution in [2.24, 2.45) is 0 Å². The molecule has 286 valence electrons. The van der Waals surface area contributed by atoms with Crippen LogP contribution in [0.4, 0.5) is 17.1 Å². The average molecular weight is 779 g/mol. The molecule has 12 aromatic rings. The molecule has 0 fully saturated rings. The van der Waals surface area contributed by atoms with Gasteiger partial charge in [-0.15, -0.1) is 0 Å². The maximum atomic E-state index is 6.78. The molecule has 0 aliphatic rings. The number of furan rings is 1. The van der Waals surface area contributed by atoms with E-state index >= 15 is 0 Å². The van der Waals surface area contributed by atoms with Crippen LogP contribution in [0.25, 0.3) is 93.6 Å². The second kappa shape index (κ2) is 14.3. The fraction of sp³-hybridized carbons (Fsp3) is 0. The monoisotopic (exact) mass is 778 g/mol. The van der Waals surface area contributed by atoms with E-state index in [1.165, 1.54) is 54.8 Å². The number of benzene rings is 10. The third-order valence-electron chi connectivity index (χ3n) is 12.2. The summed E-state index contributed by atoms with van der Waals surface area (Å²) < 4.78 is 9.21. The molecule has 0 saturated carbocycles. The van der Waals surface area contributed by atoms with Crippen LogP contribution >= 0.6 is 0 Å². The molecule has 0 aliphatic heterocycles. The summed E-state index contributed by atoms with van der Waals surface area (Å²) in [6.07, 6.45) is 0. The lowest BCUT2D eigenvalue weighted by Crippen LogP contribution is -2.10. The molecule has 0 N–H and O–H groups in total. The summed E-state index contributed by atoms with van der Waals surface area (Å²) in [5.41, 5.74) is 15.4. The fourth-order valence-electron chi connectivity index (χ4n) is 9.24. The molecule has 0 atom stereocenters. The Hall–Kier alpha value is -8.14. The third kappa shape index (κ3) is 5.90. The van der Waals surface area contributed by atoms with E-state index in [-0.39, 0.29) is 0 Å². The highest BCUT2D eigenvalue weighted by Crippen LogP contribution is 2.44. The van der Waals surface area contributed by atoms with Crippen LogP contribution in [0, 0.1) is 0 Å². The minimum absolute atomic E-state index is 0.852. The first kappa shape index (κ1) is 34.9. The smallest absolute Gasteiger partial charge is 0.159 e. The van der Waals surface area contributed by atoms with Crippen LogP contribution in [0.1, 0.15) is 0 Å². The van der Waals surface area contributed by atoms with Crippen LogP contribution in [0.2, 0.25) is 0 Å². The quantitative estimate of drug-likeness (QED) is 0.161. The molecule has 2 aromatic heterocycles. The van der Waals surface area contributed by atoms with Crippen molar-refractivity contribution in [1.82, 2.24) is 4.57 Å². The highest BCUT2D eigenvalue weighted by atomic mass is 16.3. The molecule has 2 heterocycles. The van der Waals surface area contributed by atoms with E-state index in [1.54, 1.807) is 0 Å². The molecule has 0 amide bonds. The number of fused-ring (bicyclic) bond motifs is 8. The van der Waals surface area contributed by atoms with Crippen LogP contribution in [0.15, 0.2) is 235 Å². The van der Waals surface area contributed by atoms with Crippen molar-refractivity contribution < 1.29 is 4.42 Å². The van der Waals surface area contributed by atoms with Gasteiger partial charge >= 0.3 is 0 Å². The van der Waals surface area contributed by atoms with Crippen LogP contribution < -0.4 is 4.90 Å². The van der Waals surface area contributed by atoms with Crippen molar-refractivity contribution in [1.29, 1.82) is 0 Å². The Morgan fingerprint density at radius 1 is 0.344 bits per heavy atom. The minimum atomic E-state index is 0.852. The minimum Gasteiger partial charge on any atom is -0.454 e. The molecular weight excluding hydrogens is 741 g/mol. The largest absolute Gasteiger partial charge is 0.454 e. The Morgan fingerprint density at radius 3 is 1.61 bits per heavy atom. The molecule has 0 saturated heterocycles. The van der Waals surface area contributed by atoms with E-state index in [4.69, 9.17) is 4.42 Å². The zero-order valence-corrected chi connectivity index (χ0v) is 33.2. The average Bonchev–Trinajstić information content (AvgIpc) is 3.89. The maximum absolute atomic E-state index is 6.78. The summed E-state index contributed by atoms with van der Waals surface area (Å²) >= 11 is 0. The van der Waals surface area contributed by atoms with Crippen molar-refractivity contribution >= 4 is 71.6 Å². The first-order chi connectivity index (χ1) is 30.2. The van der Waals surface area contributed by atoms with Gasteiger partial charge in [-0.3, -0.25) is 0 Å². The van der Waals surface area contributed by atoms with Crippen molar-refractivity contribution in [3.05, 3.63) is 231 Å². The molecule has 10 aromatic carbocycles. The van der Waals surface area contributed by atoms with Gasteiger partial charge in [0.1, 0.15) is 5.58 Å². The second-order valence-electron chi connectivity index (χ2n) is 15.7. The lowest BCUT2D eigenvalue weighted by atomic mass is 10.0. The Labute approximate surface area is 353 Å². The maximum Gasteiger partial charge on any atom is 0.159 e. The van der Waals surface area contributed by atoms with Crippen LogP contribution in [0.3, 0.4) is 0 Å². The molecule has 0 unspecified atom stereocenters. The SMILES string of the molecule is c1ccc(-c2ccc(N(c3ccc(-c4ccc5c6ccc7ccccc7c6n(-c6ccccc6)c5c4)cc3)c3cccc4c3oc3ccc(-c5ccccc5)cc34)cc2)cc1. The highest BCUT2D eigenvalue weighted by Gasteiger charge is 2.21. The molecule has 0 spiro atoms. The van der Waals surface area contributed by atoms with E-state index in [9.17, 15) is 0 Å². The van der Waals surface area contributed by atoms with E-state index < -0.39 is 0 Å². The first-order valence-electron chi connectivity index (χ1n) is 20.8. The van der Waals surface area contributed by atoms with Gasteiger partial charge in [0.2, 0.25) is 0 Å². The number of hydrogen-bond donors (Lipinski definition) is 0. The Bertz CT molecular complexity index is 3550. The van der Waals surface area contributed by atoms with E-state index in [1.807, 2.05) is 0 Å². The van der Waals surface area contributed by atoms with Crippen molar-refractivity contribution in [2.75, 3.05) is 4.90 Å². The van der Waals surface area contributed by atoms with Crippen molar-refractivity contribution in [3.63, 3.8) is 0 Å². The van der Waals surface area contributed by atoms with Gasteiger partial charge in [0.25, 0.3) is 0 Å². The molecule has 61 heavy (non-hydrogen) atoms. The second-order valence-corrected chi connectivity index (χ2v) is 15.7. The fourth-order valence-corrected chi connectivity index (χ4v) is 9.24. The predicted molar refractivity (Wildman–Crippen MR) is 257 cm³/mol. The van der Waals surface area contributed by atoms with Gasteiger partial charge in [-0.05, 0) is 99.4 Å². The lowest BCUT2D eigenvalue weighted by Gasteiger charge is -2.26.